The summed E-state index contributed by atoms with van der Waals surface area (Å²) in [6.45, 7) is 0.607. The topological polar surface area (TPSA) is 104 Å². The van der Waals surface area contributed by atoms with E-state index in [0.717, 1.165) is 12.0 Å². The molecule has 1 aliphatic rings. The van der Waals surface area contributed by atoms with E-state index in [9.17, 15) is 23.6 Å². The predicted octanol–water partition coefficient (Wildman–Crippen LogP) is 2.17. The highest BCUT2D eigenvalue weighted by atomic mass is 19.1. The maximum Gasteiger partial charge on any atom is 0.244 e. The van der Waals surface area contributed by atoms with Gasteiger partial charge >= 0.3 is 0 Å². The minimum Gasteiger partial charge on any atom is -0.356 e. The molecule has 0 saturated carbocycles. The molecule has 1 aliphatic heterocycles. The van der Waals surface area contributed by atoms with Gasteiger partial charge in [0.15, 0.2) is 0 Å². The molecule has 3 atom stereocenters. The van der Waals surface area contributed by atoms with Crippen molar-refractivity contribution in [2.24, 2.45) is 5.92 Å². The monoisotopic (exact) mass is 465 g/mol. The summed E-state index contributed by atoms with van der Waals surface area (Å²) >= 11 is 0. The van der Waals surface area contributed by atoms with Crippen molar-refractivity contribution in [2.75, 3.05) is 6.54 Å². The van der Waals surface area contributed by atoms with Gasteiger partial charge in [-0.05, 0) is 48.6 Å². The van der Waals surface area contributed by atoms with Crippen LogP contribution in [-0.4, -0.2) is 42.6 Å². The van der Waals surface area contributed by atoms with Gasteiger partial charge < -0.3 is 20.7 Å². The van der Waals surface area contributed by atoms with Crippen LogP contribution in [0.3, 0.4) is 0 Å². The Balaban J connectivity index is 1.69. The third kappa shape index (κ3) is 7.65. The zero-order chi connectivity index (χ0) is 24.3. The quantitative estimate of drug-likeness (QED) is 0.370. The Kier molecular flexibility index (Phi) is 9.08. The average molecular weight is 466 g/mol. The third-order valence-electron chi connectivity index (χ3n) is 5.64. The molecular formula is C26H28FN3O4. The number of carbonyl (C=O) groups is 4. The largest absolute Gasteiger partial charge is 0.356 e. The first-order valence-corrected chi connectivity index (χ1v) is 11.3. The van der Waals surface area contributed by atoms with E-state index in [1.807, 2.05) is 30.3 Å². The number of hydrogen-bond donors (Lipinski definition) is 3. The summed E-state index contributed by atoms with van der Waals surface area (Å²) in [6, 6.07) is 13.0. The van der Waals surface area contributed by atoms with E-state index in [2.05, 4.69) is 16.0 Å². The SMILES string of the molecule is O=C[C@H](C[C@@H]1CCCNC1=O)NC(=O)[C@H](Cc1ccc(F)cc1)NC(=O)/C=C/c1ccccc1. The smallest absolute Gasteiger partial charge is 0.244 e. The molecule has 0 spiro atoms. The Morgan fingerprint density at radius 1 is 1.09 bits per heavy atom. The fourth-order valence-corrected chi connectivity index (χ4v) is 3.82. The highest BCUT2D eigenvalue weighted by molar-refractivity contribution is 5.96. The van der Waals surface area contributed by atoms with Crippen molar-refractivity contribution >= 4 is 30.1 Å². The number of nitrogens with one attached hydrogen (secondary N) is 3. The third-order valence-corrected chi connectivity index (χ3v) is 5.64. The van der Waals surface area contributed by atoms with Crippen molar-refractivity contribution < 1.29 is 23.6 Å². The van der Waals surface area contributed by atoms with Gasteiger partial charge in [-0.15, -0.1) is 0 Å². The van der Waals surface area contributed by atoms with Crippen molar-refractivity contribution in [1.29, 1.82) is 0 Å². The molecule has 1 heterocycles. The zero-order valence-corrected chi connectivity index (χ0v) is 18.7. The van der Waals surface area contributed by atoms with Crippen molar-refractivity contribution in [2.45, 2.75) is 37.8 Å². The second-order valence-electron chi connectivity index (χ2n) is 8.25. The van der Waals surface area contributed by atoms with Crippen LogP contribution in [0.5, 0.6) is 0 Å². The lowest BCUT2D eigenvalue weighted by molar-refractivity contribution is -0.130. The molecule has 34 heavy (non-hydrogen) atoms. The number of hydrogen-bond acceptors (Lipinski definition) is 4. The van der Waals surface area contributed by atoms with E-state index >= 15 is 0 Å². The van der Waals surface area contributed by atoms with Crippen molar-refractivity contribution in [3.8, 4) is 0 Å². The molecule has 7 nitrogen and oxygen atoms in total. The Morgan fingerprint density at radius 3 is 2.50 bits per heavy atom. The summed E-state index contributed by atoms with van der Waals surface area (Å²) < 4.78 is 13.3. The lowest BCUT2D eigenvalue weighted by atomic mass is 9.92. The van der Waals surface area contributed by atoms with Gasteiger partial charge in [-0.25, -0.2) is 4.39 Å². The summed E-state index contributed by atoms with van der Waals surface area (Å²) in [5.41, 5.74) is 1.46. The van der Waals surface area contributed by atoms with Gasteiger partial charge in [0.25, 0.3) is 0 Å². The van der Waals surface area contributed by atoms with Crippen LogP contribution in [0.2, 0.25) is 0 Å². The highest BCUT2D eigenvalue weighted by Crippen LogP contribution is 2.17. The number of piperidine rings is 1. The Morgan fingerprint density at radius 2 is 1.82 bits per heavy atom. The van der Waals surface area contributed by atoms with Gasteiger partial charge in [0, 0.05) is 25.0 Å². The number of carbonyl (C=O) groups excluding carboxylic acids is 4. The molecule has 3 rings (SSSR count). The maximum absolute atomic E-state index is 13.3. The predicted molar refractivity (Wildman–Crippen MR) is 126 cm³/mol. The second kappa shape index (κ2) is 12.4. The van der Waals surface area contributed by atoms with Crippen LogP contribution in [0.25, 0.3) is 6.08 Å². The summed E-state index contributed by atoms with van der Waals surface area (Å²) in [4.78, 5) is 49.2. The normalized spacial score (nSPS) is 17.4. The summed E-state index contributed by atoms with van der Waals surface area (Å²) in [6.07, 6.45) is 5.30. The van der Waals surface area contributed by atoms with E-state index in [1.54, 1.807) is 6.08 Å². The van der Waals surface area contributed by atoms with Crippen LogP contribution < -0.4 is 16.0 Å². The summed E-state index contributed by atoms with van der Waals surface area (Å²) in [5.74, 6) is -1.94. The molecule has 0 aromatic heterocycles. The fourth-order valence-electron chi connectivity index (χ4n) is 3.82. The first-order valence-electron chi connectivity index (χ1n) is 11.3. The standard InChI is InChI=1S/C26H28FN3O4/c27-21-11-8-19(9-12-21)15-23(30-24(32)13-10-18-5-2-1-3-6-18)26(34)29-22(17-31)16-20-7-4-14-28-25(20)33/h1-3,5-6,8-13,17,20,22-23H,4,7,14-16H2,(H,28,33)(H,29,34)(H,30,32)/b13-10+/t20-,22-,23-/m0/s1. The number of rotatable bonds is 10. The first kappa shape index (κ1) is 24.8. The fraction of sp³-hybridized carbons (Fsp3) is 0.308. The van der Waals surface area contributed by atoms with Gasteiger partial charge in [-0.1, -0.05) is 42.5 Å². The van der Waals surface area contributed by atoms with E-state index in [0.29, 0.717) is 24.8 Å². The lowest BCUT2D eigenvalue weighted by Crippen LogP contribution is -2.51. The zero-order valence-electron chi connectivity index (χ0n) is 18.7. The van der Waals surface area contributed by atoms with Crippen LogP contribution in [0, 0.1) is 11.7 Å². The van der Waals surface area contributed by atoms with Crippen LogP contribution in [0.15, 0.2) is 60.7 Å². The van der Waals surface area contributed by atoms with Crippen LogP contribution in [-0.2, 0) is 25.6 Å². The Labute approximate surface area is 197 Å². The van der Waals surface area contributed by atoms with E-state index in [1.165, 1.54) is 30.3 Å². The first-order chi connectivity index (χ1) is 16.4. The average Bonchev–Trinajstić information content (AvgIpc) is 2.85. The molecule has 0 aliphatic carbocycles. The van der Waals surface area contributed by atoms with E-state index in [4.69, 9.17) is 0 Å². The molecule has 1 saturated heterocycles. The highest BCUT2D eigenvalue weighted by Gasteiger charge is 2.28. The lowest BCUT2D eigenvalue weighted by Gasteiger charge is -2.25. The Hall–Kier alpha value is -3.81. The second-order valence-corrected chi connectivity index (χ2v) is 8.25. The number of benzene rings is 2. The molecule has 1 fully saturated rings. The van der Waals surface area contributed by atoms with Gasteiger partial charge in [0.05, 0.1) is 6.04 Å². The van der Waals surface area contributed by atoms with Crippen molar-refractivity contribution in [3.05, 3.63) is 77.6 Å². The minimum absolute atomic E-state index is 0.104. The molecule has 3 N–H and O–H groups in total. The van der Waals surface area contributed by atoms with Gasteiger partial charge in [-0.2, -0.15) is 0 Å². The molecule has 0 unspecified atom stereocenters. The van der Waals surface area contributed by atoms with Crippen LogP contribution in [0.4, 0.5) is 4.39 Å². The Bertz CT molecular complexity index is 1020. The van der Waals surface area contributed by atoms with E-state index < -0.39 is 29.7 Å². The van der Waals surface area contributed by atoms with Crippen molar-refractivity contribution in [1.82, 2.24) is 16.0 Å². The van der Waals surface area contributed by atoms with Gasteiger partial charge in [0.1, 0.15) is 18.1 Å². The molecular weight excluding hydrogens is 437 g/mol. The van der Waals surface area contributed by atoms with Crippen molar-refractivity contribution in [3.63, 3.8) is 0 Å². The van der Waals surface area contributed by atoms with Crippen LogP contribution in [0.1, 0.15) is 30.4 Å². The molecule has 8 heteroatoms. The number of amides is 3. The number of aldehydes is 1. The molecule has 0 radical (unpaired) electrons. The summed E-state index contributed by atoms with van der Waals surface area (Å²) in [5, 5.41) is 8.08. The van der Waals surface area contributed by atoms with E-state index in [-0.39, 0.29) is 24.7 Å². The van der Waals surface area contributed by atoms with Gasteiger partial charge in [-0.3, -0.25) is 14.4 Å². The van der Waals surface area contributed by atoms with Gasteiger partial charge in [0.2, 0.25) is 17.7 Å². The molecule has 2 aromatic carbocycles. The minimum atomic E-state index is -0.999. The maximum atomic E-state index is 13.3. The molecule has 2 aromatic rings. The molecule has 3 amide bonds. The number of halogens is 1. The van der Waals surface area contributed by atoms with Crippen LogP contribution >= 0.6 is 0 Å². The summed E-state index contributed by atoms with van der Waals surface area (Å²) in [7, 11) is 0. The molecule has 0 bridgehead atoms. The molecule has 178 valence electrons.